The van der Waals surface area contributed by atoms with E-state index in [1.165, 1.54) is 0 Å². The molecule has 0 aliphatic carbocycles. The molecular formula is C28H30Cl3N9O3. The normalized spacial score (nSPS) is 18.8. The fourth-order valence-corrected chi connectivity index (χ4v) is 5.69. The average molecular weight is 647 g/mol. The standard InChI is InChI=1S/C18H20ClN5O2.C10H10Cl2N4O/c1-25-13-7-5-12(6-8-13)10-20-16-15-17(23-18(19)22-16)24(11-21-15)14-4-2-3-9-26-14;11-8-7-9(15-10(12)14-8)16(5-13-7)6-3-1-2-4-17-6/h5-8,11,14H,2-4,9-10H2,1H3,(H,20,22,23);5-6H,1-4H2. The Kier molecular flexibility index (Phi) is 9.39. The molecule has 6 heterocycles. The molecule has 0 bridgehead atoms. The highest BCUT2D eigenvalue weighted by molar-refractivity contribution is 6.35. The number of anilines is 1. The Labute approximate surface area is 262 Å². The smallest absolute Gasteiger partial charge is 0.226 e. The zero-order valence-electron chi connectivity index (χ0n) is 23.4. The maximum absolute atomic E-state index is 6.15. The van der Waals surface area contributed by atoms with E-state index in [1.807, 2.05) is 33.4 Å². The molecule has 0 radical (unpaired) electrons. The minimum absolute atomic E-state index is 0.0317. The van der Waals surface area contributed by atoms with Gasteiger partial charge < -0.3 is 19.5 Å². The lowest BCUT2D eigenvalue weighted by Crippen LogP contribution is -2.17. The predicted molar refractivity (Wildman–Crippen MR) is 164 cm³/mol. The van der Waals surface area contributed by atoms with Crippen LogP contribution in [0.5, 0.6) is 5.75 Å². The molecule has 2 atom stereocenters. The van der Waals surface area contributed by atoms with Crippen molar-refractivity contribution in [2.24, 2.45) is 0 Å². The summed E-state index contributed by atoms with van der Waals surface area (Å²) < 4.78 is 20.5. The van der Waals surface area contributed by atoms with Crippen LogP contribution in [0.1, 0.15) is 56.5 Å². The predicted octanol–water partition coefficient (Wildman–Crippen LogP) is 6.63. The van der Waals surface area contributed by atoms with Gasteiger partial charge in [-0.3, -0.25) is 9.13 Å². The van der Waals surface area contributed by atoms with Crippen LogP contribution < -0.4 is 10.1 Å². The summed E-state index contributed by atoms with van der Waals surface area (Å²) in [6.45, 7) is 2.11. The molecule has 2 aliphatic heterocycles. The van der Waals surface area contributed by atoms with Crippen molar-refractivity contribution in [1.82, 2.24) is 39.0 Å². The van der Waals surface area contributed by atoms with Crippen LogP contribution in [0.25, 0.3) is 22.3 Å². The molecule has 0 spiro atoms. The molecule has 7 rings (SSSR count). The summed E-state index contributed by atoms with van der Waals surface area (Å²) in [4.78, 5) is 25.4. The first-order valence-corrected chi connectivity index (χ1v) is 15.2. The Bertz CT molecular complexity index is 1680. The monoisotopic (exact) mass is 645 g/mol. The van der Waals surface area contributed by atoms with Gasteiger partial charge in [0.1, 0.15) is 23.7 Å². The highest BCUT2D eigenvalue weighted by Gasteiger charge is 2.22. The van der Waals surface area contributed by atoms with Crippen LogP contribution in [0.15, 0.2) is 36.9 Å². The molecule has 5 aromatic rings. The maximum Gasteiger partial charge on any atom is 0.226 e. The molecule has 43 heavy (non-hydrogen) atoms. The first-order valence-electron chi connectivity index (χ1n) is 14.1. The van der Waals surface area contributed by atoms with Gasteiger partial charge in [0.05, 0.1) is 19.8 Å². The van der Waals surface area contributed by atoms with Crippen molar-refractivity contribution in [2.75, 3.05) is 25.6 Å². The third-order valence-corrected chi connectivity index (χ3v) is 7.90. The summed E-state index contributed by atoms with van der Waals surface area (Å²) in [5.74, 6) is 1.44. The lowest BCUT2D eigenvalue weighted by Gasteiger charge is -2.23. The SMILES string of the molecule is COc1ccc(CNc2nc(Cl)nc3c2ncn3C2CCCCO2)cc1.Clc1nc(Cl)c2ncn(C3CCCCO3)c2n1. The maximum atomic E-state index is 6.15. The van der Waals surface area contributed by atoms with E-state index in [9.17, 15) is 0 Å². The van der Waals surface area contributed by atoms with Crippen molar-refractivity contribution in [1.29, 1.82) is 0 Å². The number of hydrogen-bond donors (Lipinski definition) is 1. The van der Waals surface area contributed by atoms with Gasteiger partial charge in [-0.15, -0.1) is 0 Å². The summed E-state index contributed by atoms with van der Waals surface area (Å²) >= 11 is 17.9. The molecule has 0 amide bonds. The minimum atomic E-state index is -0.0471. The average Bonchev–Trinajstić information content (AvgIpc) is 3.66. The Balaban J connectivity index is 0.000000167. The third kappa shape index (κ3) is 6.78. The zero-order valence-corrected chi connectivity index (χ0v) is 25.7. The number of nitrogens with zero attached hydrogens (tertiary/aromatic N) is 8. The van der Waals surface area contributed by atoms with Crippen LogP contribution in [0, 0.1) is 0 Å². The number of fused-ring (bicyclic) bond motifs is 2. The number of hydrogen-bond acceptors (Lipinski definition) is 10. The molecule has 12 nitrogen and oxygen atoms in total. The number of aromatic nitrogens is 8. The lowest BCUT2D eigenvalue weighted by atomic mass is 10.2. The molecule has 2 fully saturated rings. The second-order valence-electron chi connectivity index (χ2n) is 10.1. The summed E-state index contributed by atoms with van der Waals surface area (Å²) in [6.07, 6.45) is 9.70. The molecule has 0 saturated carbocycles. The minimum Gasteiger partial charge on any atom is -0.497 e. The van der Waals surface area contributed by atoms with Gasteiger partial charge in [-0.25, -0.2) is 15.0 Å². The van der Waals surface area contributed by atoms with Gasteiger partial charge in [-0.2, -0.15) is 15.0 Å². The van der Waals surface area contributed by atoms with E-state index in [-0.39, 0.29) is 28.2 Å². The van der Waals surface area contributed by atoms with Gasteiger partial charge >= 0.3 is 0 Å². The third-order valence-electron chi connectivity index (χ3n) is 7.30. The lowest BCUT2D eigenvalue weighted by molar-refractivity contribution is -0.0299. The first kappa shape index (κ1) is 29.8. The van der Waals surface area contributed by atoms with Crippen molar-refractivity contribution < 1.29 is 14.2 Å². The Morgan fingerprint density at radius 1 is 0.791 bits per heavy atom. The van der Waals surface area contributed by atoms with Crippen LogP contribution >= 0.6 is 34.8 Å². The zero-order chi connectivity index (χ0) is 29.8. The summed E-state index contributed by atoms with van der Waals surface area (Å²) in [5.41, 5.74) is 3.67. The molecule has 4 aromatic heterocycles. The van der Waals surface area contributed by atoms with E-state index < -0.39 is 0 Å². The second kappa shape index (κ2) is 13.6. The van der Waals surface area contributed by atoms with E-state index in [4.69, 9.17) is 49.0 Å². The highest BCUT2D eigenvalue weighted by Crippen LogP contribution is 2.30. The highest BCUT2D eigenvalue weighted by atomic mass is 35.5. The van der Waals surface area contributed by atoms with E-state index in [2.05, 4.69) is 35.2 Å². The molecular weight excluding hydrogens is 617 g/mol. The number of imidazole rings is 2. The molecule has 2 unspecified atom stereocenters. The Morgan fingerprint density at radius 3 is 1.95 bits per heavy atom. The summed E-state index contributed by atoms with van der Waals surface area (Å²) in [7, 11) is 1.65. The van der Waals surface area contributed by atoms with Crippen LogP contribution in [-0.4, -0.2) is 59.4 Å². The topological polar surface area (TPSA) is 127 Å². The Hall–Kier alpha value is -3.29. The molecule has 2 aliphatic rings. The largest absolute Gasteiger partial charge is 0.497 e. The van der Waals surface area contributed by atoms with Crippen molar-refractivity contribution in [3.8, 4) is 5.75 Å². The van der Waals surface area contributed by atoms with Gasteiger partial charge in [-0.05, 0) is 79.4 Å². The summed E-state index contributed by atoms with van der Waals surface area (Å²) in [5, 5.41) is 3.89. The Morgan fingerprint density at radius 2 is 1.37 bits per heavy atom. The second-order valence-corrected chi connectivity index (χ2v) is 11.2. The van der Waals surface area contributed by atoms with Crippen molar-refractivity contribution in [2.45, 2.75) is 57.5 Å². The van der Waals surface area contributed by atoms with E-state index in [0.29, 0.717) is 34.7 Å². The number of halogens is 3. The number of ether oxygens (including phenoxy) is 3. The van der Waals surface area contributed by atoms with Crippen molar-refractivity contribution in [3.63, 3.8) is 0 Å². The fourth-order valence-electron chi connectivity index (χ4n) is 5.11. The van der Waals surface area contributed by atoms with Crippen LogP contribution in [-0.2, 0) is 16.0 Å². The van der Waals surface area contributed by atoms with Crippen molar-refractivity contribution in [3.05, 3.63) is 58.2 Å². The summed E-state index contributed by atoms with van der Waals surface area (Å²) in [6, 6.07) is 7.85. The van der Waals surface area contributed by atoms with Crippen LogP contribution in [0.2, 0.25) is 15.7 Å². The molecule has 226 valence electrons. The van der Waals surface area contributed by atoms with E-state index in [1.54, 1.807) is 19.8 Å². The quantitative estimate of drug-likeness (QED) is 0.159. The molecule has 15 heteroatoms. The molecule has 1 aromatic carbocycles. The van der Waals surface area contributed by atoms with Gasteiger partial charge in [0.2, 0.25) is 10.6 Å². The van der Waals surface area contributed by atoms with Crippen molar-refractivity contribution >= 4 is 62.9 Å². The van der Waals surface area contributed by atoms with Gasteiger partial charge in [0.25, 0.3) is 0 Å². The number of benzene rings is 1. The van der Waals surface area contributed by atoms with Crippen LogP contribution in [0.4, 0.5) is 5.82 Å². The fraction of sp³-hybridized carbons (Fsp3) is 0.429. The first-order chi connectivity index (χ1) is 21.0. The molecule has 2 saturated heterocycles. The van der Waals surface area contributed by atoms with Crippen LogP contribution in [0.3, 0.4) is 0 Å². The molecule has 1 N–H and O–H groups in total. The van der Waals surface area contributed by atoms with E-state index in [0.717, 1.165) is 63.1 Å². The van der Waals surface area contributed by atoms with Gasteiger partial charge in [0, 0.05) is 19.8 Å². The van der Waals surface area contributed by atoms with E-state index >= 15 is 0 Å². The number of nitrogens with one attached hydrogen (secondary N) is 1. The number of rotatable bonds is 6. The van der Waals surface area contributed by atoms with Gasteiger partial charge in [-0.1, -0.05) is 23.7 Å². The van der Waals surface area contributed by atoms with Gasteiger partial charge in [0.15, 0.2) is 27.8 Å². The number of methoxy groups -OCH3 is 1.